The summed E-state index contributed by atoms with van der Waals surface area (Å²) in [7, 11) is 0. The van der Waals surface area contributed by atoms with E-state index >= 15 is 0 Å². The highest BCUT2D eigenvalue weighted by Gasteiger charge is 2.26. The number of thiophene rings is 1. The predicted molar refractivity (Wildman–Crippen MR) is 84.7 cm³/mol. The van der Waals surface area contributed by atoms with Gasteiger partial charge in [0.2, 0.25) is 0 Å². The molecule has 0 radical (unpaired) electrons. The first-order valence-electron chi connectivity index (χ1n) is 7.32. The minimum absolute atomic E-state index is 0.0190. The van der Waals surface area contributed by atoms with E-state index in [2.05, 4.69) is 19.1 Å². The first-order chi connectivity index (χ1) is 10.3. The maximum Gasteiger partial charge on any atom is 0.264 e. The minimum Gasteiger partial charge on any atom is -0.370 e. The Hall–Kier alpha value is -1.65. The van der Waals surface area contributed by atoms with Crippen LogP contribution in [0.4, 0.5) is 0 Å². The lowest BCUT2D eigenvalue weighted by atomic mass is 10.1. The molecule has 2 heterocycles. The van der Waals surface area contributed by atoms with Crippen LogP contribution in [0.5, 0.6) is 0 Å². The second-order valence-corrected chi connectivity index (χ2v) is 6.31. The highest BCUT2D eigenvalue weighted by molar-refractivity contribution is 7.14. The number of benzene rings is 1. The van der Waals surface area contributed by atoms with Crippen molar-refractivity contribution in [2.24, 2.45) is 0 Å². The van der Waals surface area contributed by atoms with Crippen LogP contribution in [0.15, 0.2) is 42.5 Å². The Labute approximate surface area is 129 Å². The molecule has 1 atom stereocenters. The van der Waals surface area contributed by atoms with Crippen molar-refractivity contribution in [2.75, 3.05) is 19.7 Å². The molecule has 1 aliphatic rings. The van der Waals surface area contributed by atoms with E-state index in [9.17, 15) is 4.79 Å². The molecule has 0 aliphatic carbocycles. The molecule has 0 N–H and O–H groups in total. The number of amides is 1. The molecule has 4 heteroatoms. The van der Waals surface area contributed by atoms with Crippen LogP contribution in [0.25, 0.3) is 0 Å². The van der Waals surface area contributed by atoms with E-state index in [0.717, 1.165) is 16.9 Å². The van der Waals surface area contributed by atoms with Crippen molar-refractivity contribution in [3.63, 3.8) is 0 Å². The number of ether oxygens (including phenoxy) is 1. The van der Waals surface area contributed by atoms with Crippen molar-refractivity contribution < 1.29 is 9.53 Å². The molecule has 1 amide bonds. The molecule has 0 saturated carbocycles. The topological polar surface area (TPSA) is 29.5 Å². The highest BCUT2D eigenvalue weighted by atomic mass is 32.1. The average Bonchev–Trinajstić information content (AvgIpc) is 3.04. The molecule has 1 aromatic heterocycles. The van der Waals surface area contributed by atoms with Crippen molar-refractivity contribution in [2.45, 2.75) is 19.4 Å². The summed E-state index contributed by atoms with van der Waals surface area (Å²) in [5.41, 5.74) is 1.13. The lowest BCUT2D eigenvalue weighted by Gasteiger charge is -2.33. The van der Waals surface area contributed by atoms with Gasteiger partial charge in [0.25, 0.3) is 5.91 Å². The summed E-state index contributed by atoms with van der Waals surface area (Å²) in [5.74, 6) is 0.129. The van der Waals surface area contributed by atoms with Crippen LogP contribution in [0.2, 0.25) is 0 Å². The Bertz CT molecular complexity index is 608. The first kappa shape index (κ1) is 14.3. The van der Waals surface area contributed by atoms with Gasteiger partial charge in [0.05, 0.1) is 18.0 Å². The number of hydrogen-bond donors (Lipinski definition) is 0. The summed E-state index contributed by atoms with van der Waals surface area (Å²) in [6.07, 6.45) is 0.961. The molecule has 3 nitrogen and oxygen atoms in total. The number of carbonyl (C=O) groups is 1. The van der Waals surface area contributed by atoms with E-state index in [4.69, 9.17) is 4.74 Å². The van der Waals surface area contributed by atoms with Crippen molar-refractivity contribution in [3.05, 3.63) is 57.8 Å². The van der Waals surface area contributed by atoms with Crippen LogP contribution in [-0.2, 0) is 11.2 Å². The predicted octanol–water partition coefficient (Wildman–Crippen LogP) is 3.52. The molecule has 21 heavy (non-hydrogen) atoms. The largest absolute Gasteiger partial charge is 0.370 e. The molecule has 110 valence electrons. The monoisotopic (exact) mass is 301 g/mol. The summed E-state index contributed by atoms with van der Waals surface area (Å²) < 4.78 is 5.82. The number of carbonyl (C=O) groups excluding carboxylic acids is 1. The molecular formula is C17H19NO2S. The van der Waals surface area contributed by atoms with Crippen LogP contribution >= 0.6 is 11.3 Å². The average molecular weight is 301 g/mol. The molecule has 1 aliphatic heterocycles. The van der Waals surface area contributed by atoms with E-state index in [1.807, 2.05) is 35.2 Å². The maximum atomic E-state index is 12.6. The lowest BCUT2D eigenvalue weighted by Crippen LogP contribution is -2.42. The Kier molecular flexibility index (Phi) is 4.36. The maximum absolute atomic E-state index is 12.6. The first-order valence-corrected chi connectivity index (χ1v) is 8.14. The zero-order chi connectivity index (χ0) is 14.7. The van der Waals surface area contributed by atoms with Gasteiger partial charge < -0.3 is 9.64 Å². The Morgan fingerprint density at radius 2 is 2.10 bits per heavy atom. The minimum atomic E-state index is -0.0190. The smallest absolute Gasteiger partial charge is 0.264 e. The Morgan fingerprint density at radius 1 is 1.29 bits per heavy atom. The summed E-state index contributed by atoms with van der Waals surface area (Å²) in [4.78, 5) is 16.6. The molecule has 1 unspecified atom stereocenters. The number of rotatable bonds is 3. The molecular weight excluding hydrogens is 282 g/mol. The van der Waals surface area contributed by atoms with Gasteiger partial charge in [-0.1, -0.05) is 37.3 Å². The summed E-state index contributed by atoms with van der Waals surface area (Å²) in [6, 6.07) is 14.1. The van der Waals surface area contributed by atoms with E-state index in [0.29, 0.717) is 19.7 Å². The fourth-order valence-electron chi connectivity index (χ4n) is 2.54. The fraction of sp³-hybridized carbons (Fsp3) is 0.353. The molecule has 1 aromatic carbocycles. The highest BCUT2D eigenvalue weighted by Crippen LogP contribution is 2.25. The van der Waals surface area contributed by atoms with Crippen LogP contribution in [0.3, 0.4) is 0 Å². The van der Waals surface area contributed by atoms with Crippen molar-refractivity contribution in [3.8, 4) is 0 Å². The zero-order valence-corrected chi connectivity index (χ0v) is 12.9. The van der Waals surface area contributed by atoms with Crippen LogP contribution in [0, 0.1) is 0 Å². The van der Waals surface area contributed by atoms with E-state index in [1.165, 1.54) is 4.88 Å². The third kappa shape index (κ3) is 3.17. The van der Waals surface area contributed by atoms with Crippen LogP contribution < -0.4 is 0 Å². The van der Waals surface area contributed by atoms with Gasteiger partial charge in [-0.2, -0.15) is 0 Å². The molecule has 0 bridgehead atoms. The quantitative estimate of drug-likeness (QED) is 0.868. The third-order valence-corrected chi connectivity index (χ3v) is 4.96. The summed E-state index contributed by atoms with van der Waals surface area (Å²) >= 11 is 1.60. The number of hydrogen-bond acceptors (Lipinski definition) is 3. The van der Waals surface area contributed by atoms with Gasteiger partial charge >= 0.3 is 0 Å². The fourth-order valence-corrected chi connectivity index (χ4v) is 3.46. The van der Waals surface area contributed by atoms with Crippen molar-refractivity contribution in [1.29, 1.82) is 0 Å². The normalized spacial score (nSPS) is 18.7. The van der Waals surface area contributed by atoms with E-state index < -0.39 is 0 Å². The van der Waals surface area contributed by atoms with Gasteiger partial charge in [0, 0.05) is 11.4 Å². The van der Waals surface area contributed by atoms with Gasteiger partial charge in [0.15, 0.2) is 0 Å². The molecule has 2 aromatic rings. The summed E-state index contributed by atoms with van der Waals surface area (Å²) in [6.45, 7) is 4.00. The van der Waals surface area contributed by atoms with Gasteiger partial charge in [-0.3, -0.25) is 4.79 Å². The van der Waals surface area contributed by atoms with Gasteiger partial charge in [-0.25, -0.2) is 0 Å². The number of morpholine rings is 1. The molecule has 3 rings (SSSR count). The van der Waals surface area contributed by atoms with Crippen molar-refractivity contribution >= 4 is 17.2 Å². The SMILES string of the molecule is CCc1ccc(C(=O)N2CCOC(c3ccccc3)C2)s1. The van der Waals surface area contributed by atoms with Gasteiger partial charge in [0.1, 0.15) is 6.10 Å². The second kappa shape index (κ2) is 6.41. The van der Waals surface area contributed by atoms with Crippen LogP contribution in [0.1, 0.15) is 33.1 Å². The second-order valence-electron chi connectivity index (χ2n) is 5.14. The number of nitrogens with zero attached hydrogens (tertiary/aromatic N) is 1. The number of aryl methyl sites for hydroxylation is 1. The lowest BCUT2D eigenvalue weighted by molar-refractivity contribution is -0.0226. The molecule has 1 saturated heterocycles. The standard InChI is InChI=1S/C17H19NO2S/c1-2-14-8-9-16(21-14)17(19)18-10-11-20-15(12-18)13-6-4-3-5-7-13/h3-9,15H,2,10-12H2,1H3. The molecule has 0 spiro atoms. The summed E-state index contributed by atoms with van der Waals surface area (Å²) in [5, 5.41) is 0. The Balaban J connectivity index is 1.72. The van der Waals surface area contributed by atoms with E-state index in [-0.39, 0.29) is 12.0 Å². The van der Waals surface area contributed by atoms with Gasteiger partial charge in [-0.05, 0) is 24.1 Å². The van der Waals surface area contributed by atoms with Crippen LogP contribution in [-0.4, -0.2) is 30.5 Å². The molecule has 1 fully saturated rings. The van der Waals surface area contributed by atoms with Gasteiger partial charge in [-0.15, -0.1) is 11.3 Å². The van der Waals surface area contributed by atoms with Crippen molar-refractivity contribution in [1.82, 2.24) is 4.90 Å². The Morgan fingerprint density at radius 3 is 2.81 bits per heavy atom. The third-order valence-electron chi connectivity index (χ3n) is 3.75. The zero-order valence-electron chi connectivity index (χ0n) is 12.1. The van der Waals surface area contributed by atoms with E-state index in [1.54, 1.807) is 11.3 Å².